The highest BCUT2D eigenvalue weighted by Crippen LogP contribution is 2.36. The molecule has 4 rings (SSSR count). The number of fused-ring (bicyclic) bond motifs is 1. The van der Waals surface area contributed by atoms with Gasteiger partial charge < -0.3 is 20.3 Å². The number of carbonyl (C=O) groups excluding carboxylic acids is 1. The highest BCUT2D eigenvalue weighted by molar-refractivity contribution is 6.31. The van der Waals surface area contributed by atoms with E-state index in [0.717, 1.165) is 0 Å². The maximum atomic E-state index is 13.0. The molecule has 0 unspecified atom stereocenters. The number of benzene rings is 1. The molecular formula is C21H21ClN6O4. The standard InChI is InChI=1S/C21H21ClN6O4/c1-12(29)17(30)11-27-10-16(19(26-27)14-8-13(22)4-5-18(14)32-2)25-21(31)15-9-24-28-7-3-6-23-20(15)28/h3-10,12,17,29-30H,11H2,1-2H3,(H,25,31)/t12-,17-/m1/s1. The number of hydrogen-bond acceptors (Lipinski definition) is 7. The second-order valence-electron chi connectivity index (χ2n) is 7.17. The molecule has 0 radical (unpaired) electrons. The van der Waals surface area contributed by atoms with E-state index in [1.54, 1.807) is 42.9 Å². The molecule has 1 aromatic carbocycles. The van der Waals surface area contributed by atoms with Crippen LogP contribution in [0.15, 0.2) is 49.1 Å². The van der Waals surface area contributed by atoms with Crippen LogP contribution in [-0.4, -0.2) is 59.8 Å². The lowest BCUT2D eigenvalue weighted by atomic mass is 10.1. The van der Waals surface area contributed by atoms with Gasteiger partial charge in [0.2, 0.25) is 0 Å². The van der Waals surface area contributed by atoms with Crippen LogP contribution in [0.5, 0.6) is 5.75 Å². The number of nitrogens with one attached hydrogen (secondary N) is 1. The Balaban J connectivity index is 1.75. The average molecular weight is 457 g/mol. The highest BCUT2D eigenvalue weighted by Gasteiger charge is 2.22. The summed E-state index contributed by atoms with van der Waals surface area (Å²) < 4.78 is 8.38. The Morgan fingerprint density at radius 1 is 1.34 bits per heavy atom. The van der Waals surface area contributed by atoms with Crippen molar-refractivity contribution in [2.75, 3.05) is 12.4 Å². The van der Waals surface area contributed by atoms with Crippen molar-refractivity contribution in [3.05, 3.63) is 59.6 Å². The molecule has 32 heavy (non-hydrogen) atoms. The van der Waals surface area contributed by atoms with Crippen LogP contribution in [0.1, 0.15) is 17.3 Å². The summed E-state index contributed by atoms with van der Waals surface area (Å²) >= 11 is 6.19. The van der Waals surface area contributed by atoms with E-state index in [1.165, 1.54) is 29.4 Å². The summed E-state index contributed by atoms with van der Waals surface area (Å²) in [5.41, 5.74) is 2.00. The molecule has 4 aromatic rings. The zero-order valence-corrected chi connectivity index (χ0v) is 18.1. The van der Waals surface area contributed by atoms with Crippen LogP contribution in [0.4, 0.5) is 5.69 Å². The number of carbonyl (C=O) groups is 1. The fourth-order valence-electron chi connectivity index (χ4n) is 3.19. The van der Waals surface area contributed by atoms with Gasteiger partial charge in [-0.2, -0.15) is 10.2 Å². The van der Waals surface area contributed by atoms with Gasteiger partial charge in [0.1, 0.15) is 17.0 Å². The van der Waals surface area contributed by atoms with Gasteiger partial charge in [-0.15, -0.1) is 0 Å². The Kier molecular flexibility index (Phi) is 6.08. The molecular weight excluding hydrogens is 436 g/mol. The molecule has 10 nitrogen and oxygen atoms in total. The molecule has 0 saturated heterocycles. The quantitative estimate of drug-likeness (QED) is 0.389. The van der Waals surface area contributed by atoms with Crippen molar-refractivity contribution < 1.29 is 19.7 Å². The van der Waals surface area contributed by atoms with Gasteiger partial charge in [0.25, 0.3) is 5.91 Å². The maximum Gasteiger partial charge on any atom is 0.261 e. The first-order valence-corrected chi connectivity index (χ1v) is 10.1. The topological polar surface area (TPSA) is 127 Å². The maximum absolute atomic E-state index is 13.0. The first kappa shape index (κ1) is 21.8. The lowest BCUT2D eigenvalue weighted by Crippen LogP contribution is -2.27. The average Bonchev–Trinajstić information content (AvgIpc) is 3.37. The number of halogens is 1. The monoisotopic (exact) mass is 456 g/mol. The third-order valence-corrected chi connectivity index (χ3v) is 5.12. The number of methoxy groups -OCH3 is 1. The van der Waals surface area contributed by atoms with Crippen LogP contribution in [0.2, 0.25) is 5.02 Å². The minimum atomic E-state index is -1.05. The van der Waals surface area contributed by atoms with Crippen molar-refractivity contribution in [3.8, 4) is 17.0 Å². The number of amides is 1. The van der Waals surface area contributed by atoms with Crippen LogP contribution >= 0.6 is 11.6 Å². The van der Waals surface area contributed by atoms with Crippen molar-refractivity contribution in [1.29, 1.82) is 0 Å². The van der Waals surface area contributed by atoms with Gasteiger partial charge in [-0.05, 0) is 31.2 Å². The number of rotatable bonds is 7. The molecule has 166 valence electrons. The second kappa shape index (κ2) is 8.95. The molecule has 11 heteroatoms. The number of aromatic nitrogens is 5. The summed E-state index contributed by atoms with van der Waals surface area (Å²) in [6.07, 6.45) is 4.27. The fourth-order valence-corrected chi connectivity index (χ4v) is 3.36. The Bertz CT molecular complexity index is 1270. The van der Waals surface area contributed by atoms with Crippen molar-refractivity contribution in [2.24, 2.45) is 0 Å². The Hall–Kier alpha value is -3.47. The van der Waals surface area contributed by atoms with E-state index in [0.29, 0.717) is 33.4 Å². The largest absolute Gasteiger partial charge is 0.496 e. The van der Waals surface area contributed by atoms with Gasteiger partial charge in [-0.25, -0.2) is 9.50 Å². The molecule has 0 aliphatic heterocycles. The van der Waals surface area contributed by atoms with Crippen LogP contribution in [0, 0.1) is 0 Å². The highest BCUT2D eigenvalue weighted by atomic mass is 35.5. The molecule has 3 heterocycles. The van der Waals surface area contributed by atoms with Gasteiger partial charge in [0.15, 0.2) is 5.65 Å². The predicted octanol–water partition coefficient (Wildman–Crippen LogP) is 2.25. The SMILES string of the molecule is COc1ccc(Cl)cc1-c1nn(C[C@@H](O)[C@@H](C)O)cc1NC(=O)c1cnn2cccnc12. The Morgan fingerprint density at radius 3 is 2.91 bits per heavy atom. The Morgan fingerprint density at radius 2 is 2.16 bits per heavy atom. The normalized spacial score (nSPS) is 13.2. The van der Waals surface area contributed by atoms with E-state index < -0.39 is 18.1 Å². The molecule has 0 bridgehead atoms. The molecule has 0 aliphatic carbocycles. The molecule has 0 saturated carbocycles. The van der Waals surface area contributed by atoms with Crippen molar-refractivity contribution >= 4 is 28.8 Å². The van der Waals surface area contributed by atoms with Gasteiger partial charge in [0.05, 0.1) is 37.7 Å². The van der Waals surface area contributed by atoms with E-state index in [-0.39, 0.29) is 12.1 Å². The number of anilines is 1. The molecule has 0 spiro atoms. The first-order valence-electron chi connectivity index (χ1n) is 9.74. The third kappa shape index (κ3) is 4.28. The van der Waals surface area contributed by atoms with Crippen LogP contribution in [0.25, 0.3) is 16.9 Å². The molecule has 3 N–H and O–H groups in total. The number of aliphatic hydroxyl groups excluding tert-OH is 2. The van der Waals surface area contributed by atoms with Gasteiger partial charge in [-0.3, -0.25) is 9.48 Å². The van der Waals surface area contributed by atoms with E-state index >= 15 is 0 Å². The summed E-state index contributed by atoms with van der Waals surface area (Å²) in [7, 11) is 1.52. The first-order chi connectivity index (χ1) is 15.4. The molecule has 3 aromatic heterocycles. The number of aliphatic hydroxyl groups is 2. The van der Waals surface area contributed by atoms with Crippen LogP contribution < -0.4 is 10.1 Å². The molecule has 0 fully saturated rings. The minimum absolute atomic E-state index is 0.0156. The minimum Gasteiger partial charge on any atom is -0.496 e. The molecule has 1 amide bonds. The van der Waals surface area contributed by atoms with Crippen LogP contribution in [0.3, 0.4) is 0 Å². The molecule has 2 atom stereocenters. The van der Waals surface area contributed by atoms with Crippen molar-refractivity contribution in [1.82, 2.24) is 24.4 Å². The Labute approximate surface area is 188 Å². The summed E-state index contributed by atoms with van der Waals surface area (Å²) in [4.78, 5) is 17.3. The van der Waals surface area contributed by atoms with Gasteiger partial charge >= 0.3 is 0 Å². The summed E-state index contributed by atoms with van der Waals surface area (Å²) in [5, 5.41) is 31.7. The third-order valence-electron chi connectivity index (χ3n) is 4.88. The van der Waals surface area contributed by atoms with E-state index in [9.17, 15) is 15.0 Å². The zero-order valence-electron chi connectivity index (χ0n) is 17.3. The summed E-state index contributed by atoms with van der Waals surface area (Å²) in [6, 6.07) is 6.76. The van der Waals surface area contributed by atoms with Crippen molar-refractivity contribution in [3.63, 3.8) is 0 Å². The lowest BCUT2D eigenvalue weighted by molar-refractivity contribution is 0.0187. The number of nitrogens with zero attached hydrogens (tertiary/aromatic N) is 5. The lowest BCUT2D eigenvalue weighted by Gasteiger charge is -2.13. The second-order valence-corrected chi connectivity index (χ2v) is 7.60. The predicted molar refractivity (Wildman–Crippen MR) is 118 cm³/mol. The van der Waals surface area contributed by atoms with Crippen molar-refractivity contribution in [2.45, 2.75) is 25.7 Å². The summed E-state index contributed by atoms with van der Waals surface area (Å²) in [6.45, 7) is 1.50. The molecule has 0 aliphatic rings. The number of ether oxygens (including phenoxy) is 1. The van der Waals surface area contributed by atoms with Gasteiger partial charge in [-0.1, -0.05) is 11.6 Å². The van der Waals surface area contributed by atoms with Crippen LogP contribution in [-0.2, 0) is 6.54 Å². The van der Waals surface area contributed by atoms with E-state index in [1.807, 2.05) is 0 Å². The fraction of sp³-hybridized carbons (Fsp3) is 0.238. The van der Waals surface area contributed by atoms with E-state index in [2.05, 4.69) is 20.5 Å². The van der Waals surface area contributed by atoms with Gasteiger partial charge in [0, 0.05) is 29.2 Å². The zero-order chi connectivity index (χ0) is 22.8. The number of hydrogen-bond donors (Lipinski definition) is 3. The summed E-state index contributed by atoms with van der Waals surface area (Å²) in [5.74, 6) is 0.0699. The smallest absolute Gasteiger partial charge is 0.261 e. The van der Waals surface area contributed by atoms with E-state index in [4.69, 9.17) is 16.3 Å².